The highest BCUT2D eigenvalue weighted by Gasteiger charge is 2.20. The fourth-order valence-electron chi connectivity index (χ4n) is 3.04. The minimum Gasteiger partial charge on any atom is -0.481 e. The first-order chi connectivity index (χ1) is 15.2. The van der Waals surface area contributed by atoms with Gasteiger partial charge in [-0.25, -0.2) is 8.42 Å². The van der Waals surface area contributed by atoms with Crippen LogP contribution in [0.1, 0.15) is 24.5 Å². The molecule has 0 heterocycles. The van der Waals surface area contributed by atoms with Crippen molar-refractivity contribution in [3.63, 3.8) is 0 Å². The Balaban J connectivity index is 1.69. The van der Waals surface area contributed by atoms with E-state index < -0.39 is 16.1 Å². The first kappa shape index (κ1) is 23.6. The van der Waals surface area contributed by atoms with E-state index in [1.54, 1.807) is 31.2 Å². The number of benzene rings is 3. The molecule has 168 valence electrons. The van der Waals surface area contributed by atoms with Crippen LogP contribution in [0.5, 0.6) is 5.75 Å². The Morgan fingerprint density at radius 3 is 2.38 bits per heavy atom. The highest BCUT2D eigenvalue weighted by molar-refractivity contribution is 7.92. The minimum atomic E-state index is -3.81. The average Bonchev–Trinajstić information content (AvgIpc) is 2.75. The smallest absolute Gasteiger partial charge is 0.265 e. The van der Waals surface area contributed by atoms with E-state index in [9.17, 15) is 13.2 Å². The van der Waals surface area contributed by atoms with Crippen LogP contribution < -0.4 is 14.8 Å². The SMILES string of the molecule is CCC(Oc1cccc(C)c1)C(=O)Nc1ccc(S(=O)(=O)Nc2cccc(Cl)c2C)cc1. The zero-order chi connectivity index (χ0) is 23.3. The summed E-state index contributed by atoms with van der Waals surface area (Å²) in [5.74, 6) is 0.313. The number of carbonyl (C=O) groups is 1. The second-order valence-corrected chi connectivity index (χ2v) is 9.45. The molecule has 0 bridgehead atoms. The van der Waals surface area contributed by atoms with E-state index in [0.29, 0.717) is 34.1 Å². The second-order valence-electron chi connectivity index (χ2n) is 7.36. The van der Waals surface area contributed by atoms with E-state index in [2.05, 4.69) is 10.0 Å². The van der Waals surface area contributed by atoms with Crippen LogP contribution >= 0.6 is 11.6 Å². The van der Waals surface area contributed by atoms with Crippen molar-refractivity contribution in [3.05, 3.63) is 82.9 Å². The topological polar surface area (TPSA) is 84.5 Å². The van der Waals surface area contributed by atoms with Crippen LogP contribution in [0.15, 0.2) is 71.6 Å². The van der Waals surface area contributed by atoms with Gasteiger partial charge in [-0.1, -0.05) is 36.7 Å². The van der Waals surface area contributed by atoms with Gasteiger partial charge in [0.2, 0.25) is 0 Å². The fraction of sp³-hybridized carbons (Fsp3) is 0.208. The summed E-state index contributed by atoms with van der Waals surface area (Å²) in [6.45, 7) is 5.55. The number of aryl methyl sites for hydroxylation is 1. The van der Waals surface area contributed by atoms with Crippen molar-refractivity contribution in [2.75, 3.05) is 10.0 Å². The van der Waals surface area contributed by atoms with Gasteiger partial charge in [-0.15, -0.1) is 0 Å². The lowest BCUT2D eigenvalue weighted by molar-refractivity contribution is -0.122. The summed E-state index contributed by atoms with van der Waals surface area (Å²) in [4.78, 5) is 12.7. The molecular weight excluding hydrogens is 448 g/mol. The lowest BCUT2D eigenvalue weighted by Gasteiger charge is -2.18. The summed E-state index contributed by atoms with van der Waals surface area (Å²) in [7, 11) is -3.81. The molecule has 0 saturated carbocycles. The third-order valence-corrected chi connectivity index (χ3v) is 6.67. The number of amides is 1. The molecule has 2 N–H and O–H groups in total. The Hall–Kier alpha value is -3.03. The molecule has 0 aliphatic rings. The monoisotopic (exact) mass is 472 g/mol. The Morgan fingerprint density at radius 1 is 1.03 bits per heavy atom. The van der Waals surface area contributed by atoms with Gasteiger partial charge in [-0.2, -0.15) is 0 Å². The van der Waals surface area contributed by atoms with Gasteiger partial charge < -0.3 is 10.1 Å². The molecule has 3 aromatic carbocycles. The summed E-state index contributed by atoms with van der Waals surface area (Å²) in [6, 6.07) is 18.4. The van der Waals surface area contributed by atoms with Crippen molar-refractivity contribution in [1.29, 1.82) is 0 Å². The van der Waals surface area contributed by atoms with E-state index in [1.807, 2.05) is 32.0 Å². The van der Waals surface area contributed by atoms with Crippen molar-refractivity contribution < 1.29 is 17.9 Å². The van der Waals surface area contributed by atoms with Gasteiger partial charge in [0.1, 0.15) is 5.75 Å². The van der Waals surface area contributed by atoms with E-state index in [4.69, 9.17) is 16.3 Å². The van der Waals surface area contributed by atoms with Gasteiger partial charge in [-0.05, 0) is 79.9 Å². The van der Waals surface area contributed by atoms with Gasteiger partial charge in [0, 0.05) is 10.7 Å². The van der Waals surface area contributed by atoms with Crippen LogP contribution in [0, 0.1) is 13.8 Å². The number of carbonyl (C=O) groups excluding carboxylic acids is 1. The quantitative estimate of drug-likeness (QED) is 0.450. The summed E-state index contributed by atoms with van der Waals surface area (Å²) >= 11 is 6.07. The maximum atomic E-state index is 12.7. The standard InChI is InChI=1S/C24H25ClN2O4S/c1-4-23(31-19-8-5-7-16(2)15-19)24(28)26-18-11-13-20(14-12-18)32(29,30)27-22-10-6-9-21(25)17(22)3/h5-15,23,27H,4H2,1-3H3,(H,26,28). The van der Waals surface area contributed by atoms with E-state index in [-0.39, 0.29) is 10.8 Å². The average molecular weight is 473 g/mol. The minimum absolute atomic E-state index is 0.0675. The first-order valence-electron chi connectivity index (χ1n) is 10.1. The van der Waals surface area contributed by atoms with Gasteiger partial charge >= 0.3 is 0 Å². The Kier molecular flexibility index (Phi) is 7.43. The van der Waals surface area contributed by atoms with E-state index in [0.717, 1.165) is 5.56 Å². The van der Waals surface area contributed by atoms with Gasteiger partial charge in [0.25, 0.3) is 15.9 Å². The summed E-state index contributed by atoms with van der Waals surface area (Å²) in [5.41, 5.74) is 2.56. The van der Waals surface area contributed by atoms with Crippen molar-refractivity contribution in [3.8, 4) is 5.75 Å². The third-order valence-electron chi connectivity index (χ3n) is 4.88. The number of halogens is 1. The van der Waals surface area contributed by atoms with Crippen molar-refractivity contribution in [1.82, 2.24) is 0 Å². The molecule has 8 heteroatoms. The van der Waals surface area contributed by atoms with E-state index >= 15 is 0 Å². The third kappa shape index (κ3) is 5.81. The van der Waals surface area contributed by atoms with Crippen molar-refractivity contribution in [2.45, 2.75) is 38.2 Å². The summed E-state index contributed by atoms with van der Waals surface area (Å²) < 4.78 is 33.8. The predicted octanol–water partition coefficient (Wildman–Crippen LogP) is 5.55. The normalized spacial score (nSPS) is 12.1. The predicted molar refractivity (Wildman–Crippen MR) is 128 cm³/mol. The largest absolute Gasteiger partial charge is 0.481 e. The molecule has 32 heavy (non-hydrogen) atoms. The molecule has 0 aliphatic heterocycles. The lowest BCUT2D eigenvalue weighted by Crippen LogP contribution is -2.32. The Labute approximate surface area is 193 Å². The van der Waals surface area contributed by atoms with Crippen LogP contribution in [-0.2, 0) is 14.8 Å². The number of rotatable bonds is 8. The van der Waals surface area contributed by atoms with Gasteiger partial charge in [0.05, 0.1) is 10.6 Å². The van der Waals surface area contributed by atoms with E-state index in [1.165, 1.54) is 24.3 Å². The Bertz CT molecular complexity index is 1210. The fourth-order valence-corrected chi connectivity index (χ4v) is 4.33. The molecule has 0 radical (unpaired) electrons. The highest BCUT2D eigenvalue weighted by Crippen LogP contribution is 2.26. The molecule has 1 unspecified atom stereocenters. The van der Waals surface area contributed by atoms with Crippen molar-refractivity contribution >= 4 is 38.9 Å². The molecule has 3 aromatic rings. The second kappa shape index (κ2) is 10.1. The molecule has 0 saturated heterocycles. The molecule has 0 spiro atoms. The summed E-state index contributed by atoms with van der Waals surface area (Å²) in [5, 5.41) is 3.25. The van der Waals surface area contributed by atoms with Crippen LogP contribution in [0.4, 0.5) is 11.4 Å². The van der Waals surface area contributed by atoms with Crippen LogP contribution in [-0.4, -0.2) is 20.4 Å². The Morgan fingerprint density at radius 2 is 1.72 bits per heavy atom. The molecule has 0 fully saturated rings. The zero-order valence-electron chi connectivity index (χ0n) is 18.1. The maximum Gasteiger partial charge on any atom is 0.265 e. The van der Waals surface area contributed by atoms with Gasteiger partial charge in [-0.3, -0.25) is 9.52 Å². The van der Waals surface area contributed by atoms with Crippen LogP contribution in [0.3, 0.4) is 0 Å². The number of ether oxygens (including phenoxy) is 1. The van der Waals surface area contributed by atoms with Gasteiger partial charge in [0.15, 0.2) is 6.10 Å². The number of sulfonamides is 1. The molecule has 1 amide bonds. The summed E-state index contributed by atoms with van der Waals surface area (Å²) in [6.07, 6.45) is -0.192. The number of hydrogen-bond donors (Lipinski definition) is 2. The molecule has 0 aromatic heterocycles. The molecule has 1 atom stereocenters. The lowest BCUT2D eigenvalue weighted by atomic mass is 10.2. The molecular formula is C24H25ClN2O4S. The molecule has 6 nitrogen and oxygen atoms in total. The molecule has 0 aliphatic carbocycles. The first-order valence-corrected chi connectivity index (χ1v) is 12.0. The van der Waals surface area contributed by atoms with Crippen LogP contribution in [0.25, 0.3) is 0 Å². The van der Waals surface area contributed by atoms with Crippen LogP contribution in [0.2, 0.25) is 5.02 Å². The maximum absolute atomic E-state index is 12.7. The number of nitrogens with one attached hydrogen (secondary N) is 2. The highest BCUT2D eigenvalue weighted by atomic mass is 35.5. The number of hydrogen-bond acceptors (Lipinski definition) is 4. The number of anilines is 2. The zero-order valence-corrected chi connectivity index (χ0v) is 19.6. The van der Waals surface area contributed by atoms with Crippen molar-refractivity contribution in [2.24, 2.45) is 0 Å². The molecule has 3 rings (SSSR count).